The highest BCUT2D eigenvalue weighted by molar-refractivity contribution is 7.92. The number of rotatable bonds is 3. The maximum atomic E-state index is 12.5. The fourth-order valence-electron chi connectivity index (χ4n) is 2.02. The molecular formula is C14H11ClN2O3S. The summed E-state index contributed by atoms with van der Waals surface area (Å²) in [6.45, 7) is 1.65. The molecule has 0 bridgehead atoms. The molecule has 108 valence electrons. The Morgan fingerprint density at radius 3 is 2.71 bits per heavy atom. The van der Waals surface area contributed by atoms with Gasteiger partial charge in [0.1, 0.15) is 0 Å². The average molecular weight is 323 g/mol. The molecule has 21 heavy (non-hydrogen) atoms. The molecule has 7 heteroatoms. The average Bonchev–Trinajstić information content (AvgIpc) is 2.84. The Kier molecular flexibility index (Phi) is 3.35. The molecule has 0 amide bonds. The van der Waals surface area contributed by atoms with Crippen LogP contribution in [0, 0.1) is 6.92 Å². The molecule has 2 aromatic carbocycles. The summed E-state index contributed by atoms with van der Waals surface area (Å²) in [4.78, 5) is 0.113. The first kappa shape index (κ1) is 13.9. The molecule has 0 saturated carbocycles. The van der Waals surface area contributed by atoms with Gasteiger partial charge in [0.2, 0.25) is 0 Å². The van der Waals surface area contributed by atoms with Gasteiger partial charge in [-0.3, -0.25) is 4.72 Å². The Labute approximate surface area is 126 Å². The van der Waals surface area contributed by atoms with E-state index < -0.39 is 10.0 Å². The topological polar surface area (TPSA) is 72.2 Å². The zero-order chi connectivity index (χ0) is 15.0. The largest absolute Gasteiger partial charge is 0.354 e. The molecule has 1 aromatic heterocycles. The second kappa shape index (κ2) is 5.05. The number of nitrogens with zero attached hydrogens (tertiary/aromatic N) is 1. The molecular weight excluding hydrogens is 312 g/mol. The van der Waals surface area contributed by atoms with Crippen LogP contribution in [0.25, 0.3) is 11.0 Å². The monoisotopic (exact) mass is 322 g/mol. The molecule has 0 saturated heterocycles. The summed E-state index contributed by atoms with van der Waals surface area (Å²) in [6.07, 6.45) is 0. The van der Waals surface area contributed by atoms with Crippen LogP contribution in [0.3, 0.4) is 0 Å². The maximum absolute atomic E-state index is 12.5. The van der Waals surface area contributed by atoms with E-state index in [1.807, 2.05) is 0 Å². The Morgan fingerprint density at radius 1 is 1.14 bits per heavy atom. The lowest BCUT2D eigenvalue weighted by Gasteiger charge is -2.09. The lowest BCUT2D eigenvalue weighted by molar-refractivity contribution is 0.460. The Bertz CT molecular complexity index is 919. The Hall–Kier alpha value is -2.05. The molecule has 3 rings (SSSR count). The second-order valence-corrected chi connectivity index (χ2v) is 6.55. The summed E-state index contributed by atoms with van der Waals surface area (Å²) < 4.78 is 32.4. The van der Waals surface area contributed by atoms with Gasteiger partial charge in [-0.1, -0.05) is 35.0 Å². The third-order valence-corrected chi connectivity index (χ3v) is 5.01. The third-order valence-electron chi connectivity index (χ3n) is 3.12. The predicted molar refractivity (Wildman–Crippen MR) is 81.0 cm³/mol. The maximum Gasteiger partial charge on any atom is 0.263 e. The number of para-hydroxylation sites is 1. The van der Waals surface area contributed by atoms with E-state index in [2.05, 4.69) is 9.88 Å². The van der Waals surface area contributed by atoms with Crippen molar-refractivity contribution in [1.29, 1.82) is 0 Å². The minimum Gasteiger partial charge on any atom is -0.354 e. The molecule has 0 aliphatic rings. The van der Waals surface area contributed by atoms with Crippen LogP contribution < -0.4 is 4.72 Å². The lowest BCUT2D eigenvalue weighted by Crippen LogP contribution is -2.14. The number of halogens is 1. The minimum absolute atomic E-state index is 0.113. The van der Waals surface area contributed by atoms with Gasteiger partial charge < -0.3 is 4.52 Å². The SMILES string of the molecule is Cc1c(Cl)cccc1S(=O)(=O)Nc1noc2ccccc12. The van der Waals surface area contributed by atoms with Crippen LogP contribution >= 0.6 is 11.6 Å². The normalized spacial score (nSPS) is 11.7. The van der Waals surface area contributed by atoms with Gasteiger partial charge in [-0.15, -0.1) is 0 Å². The molecule has 0 unspecified atom stereocenters. The molecule has 0 aliphatic carbocycles. The highest BCUT2D eigenvalue weighted by atomic mass is 35.5. The van der Waals surface area contributed by atoms with E-state index >= 15 is 0 Å². The van der Waals surface area contributed by atoms with Crippen LogP contribution in [0.5, 0.6) is 0 Å². The highest BCUT2D eigenvalue weighted by Gasteiger charge is 2.21. The molecule has 5 nitrogen and oxygen atoms in total. The molecule has 0 radical (unpaired) electrons. The Morgan fingerprint density at radius 2 is 1.90 bits per heavy atom. The van der Waals surface area contributed by atoms with Crippen molar-refractivity contribution in [1.82, 2.24) is 5.16 Å². The summed E-state index contributed by atoms with van der Waals surface area (Å²) in [7, 11) is -3.78. The molecule has 0 atom stereocenters. The van der Waals surface area contributed by atoms with Crippen LogP contribution in [0.2, 0.25) is 5.02 Å². The minimum atomic E-state index is -3.78. The van der Waals surface area contributed by atoms with E-state index in [-0.39, 0.29) is 10.7 Å². The van der Waals surface area contributed by atoms with Crippen molar-refractivity contribution in [2.24, 2.45) is 0 Å². The van der Waals surface area contributed by atoms with Crippen LogP contribution in [0.15, 0.2) is 51.9 Å². The van der Waals surface area contributed by atoms with Crippen molar-refractivity contribution >= 4 is 38.4 Å². The van der Waals surface area contributed by atoms with E-state index in [0.717, 1.165) is 0 Å². The number of hydrogen-bond acceptors (Lipinski definition) is 4. The van der Waals surface area contributed by atoms with E-state index in [1.54, 1.807) is 43.3 Å². The number of fused-ring (bicyclic) bond motifs is 1. The summed E-state index contributed by atoms with van der Waals surface area (Å²) in [5.41, 5.74) is 0.998. The van der Waals surface area contributed by atoms with E-state index in [0.29, 0.717) is 21.6 Å². The van der Waals surface area contributed by atoms with Gasteiger partial charge in [-0.05, 0) is 36.8 Å². The zero-order valence-corrected chi connectivity index (χ0v) is 12.6. The van der Waals surface area contributed by atoms with Crippen molar-refractivity contribution in [2.75, 3.05) is 4.72 Å². The van der Waals surface area contributed by atoms with Gasteiger partial charge >= 0.3 is 0 Å². The quantitative estimate of drug-likeness (QED) is 0.799. The van der Waals surface area contributed by atoms with E-state index in [1.165, 1.54) is 6.07 Å². The van der Waals surface area contributed by atoms with Crippen molar-refractivity contribution in [3.05, 3.63) is 53.1 Å². The zero-order valence-electron chi connectivity index (χ0n) is 11.0. The molecule has 0 aliphatic heterocycles. The van der Waals surface area contributed by atoms with E-state index in [9.17, 15) is 8.42 Å². The molecule has 1 heterocycles. The van der Waals surface area contributed by atoms with Gasteiger partial charge in [-0.25, -0.2) is 8.42 Å². The van der Waals surface area contributed by atoms with E-state index in [4.69, 9.17) is 16.1 Å². The first-order valence-corrected chi connectivity index (χ1v) is 7.97. The van der Waals surface area contributed by atoms with Gasteiger partial charge in [0.05, 0.1) is 10.3 Å². The first-order chi connectivity index (χ1) is 9.99. The standard InChI is InChI=1S/C14H11ClN2O3S/c1-9-11(15)6-4-8-13(9)21(18,19)17-14-10-5-2-3-7-12(10)20-16-14/h2-8H,1H3,(H,16,17). The smallest absolute Gasteiger partial charge is 0.263 e. The number of benzene rings is 2. The third kappa shape index (κ3) is 2.48. The van der Waals surface area contributed by atoms with Crippen molar-refractivity contribution in [3.8, 4) is 0 Å². The molecule has 1 N–H and O–H groups in total. The van der Waals surface area contributed by atoms with Gasteiger partial charge in [-0.2, -0.15) is 0 Å². The summed E-state index contributed by atoms with van der Waals surface area (Å²) in [6, 6.07) is 11.7. The number of anilines is 1. The van der Waals surface area contributed by atoms with Crippen LogP contribution in [-0.2, 0) is 10.0 Å². The predicted octanol–water partition coefficient (Wildman–Crippen LogP) is 3.59. The van der Waals surface area contributed by atoms with Crippen LogP contribution in [-0.4, -0.2) is 13.6 Å². The van der Waals surface area contributed by atoms with Crippen molar-refractivity contribution in [2.45, 2.75) is 11.8 Å². The van der Waals surface area contributed by atoms with Gasteiger partial charge in [0.15, 0.2) is 11.4 Å². The second-order valence-electron chi connectivity index (χ2n) is 4.50. The van der Waals surface area contributed by atoms with Crippen LogP contribution in [0.1, 0.15) is 5.56 Å². The fraction of sp³-hybridized carbons (Fsp3) is 0.0714. The molecule has 0 fully saturated rings. The number of nitrogens with one attached hydrogen (secondary N) is 1. The van der Waals surface area contributed by atoms with Crippen molar-refractivity contribution < 1.29 is 12.9 Å². The summed E-state index contributed by atoms with van der Waals surface area (Å²) >= 11 is 5.97. The number of aromatic nitrogens is 1. The molecule has 3 aromatic rings. The fourth-order valence-corrected chi connectivity index (χ4v) is 3.53. The number of sulfonamides is 1. The first-order valence-electron chi connectivity index (χ1n) is 6.11. The molecule has 0 spiro atoms. The highest BCUT2D eigenvalue weighted by Crippen LogP contribution is 2.27. The van der Waals surface area contributed by atoms with Gasteiger partial charge in [0, 0.05) is 5.02 Å². The van der Waals surface area contributed by atoms with Gasteiger partial charge in [0.25, 0.3) is 10.0 Å². The van der Waals surface area contributed by atoms with Crippen LogP contribution in [0.4, 0.5) is 5.82 Å². The summed E-state index contributed by atoms with van der Waals surface area (Å²) in [5.74, 6) is 0.157. The number of hydrogen-bond donors (Lipinski definition) is 1. The Balaban J connectivity index is 2.06. The summed E-state index contributed by atoms with van der Waals surface area (Å²) in [5, 5.41) is 4.75. The van der Waals surface area contributed by atoms with Crippen molar-refractivity contribution in [3.63, 3.8) is 0 Å². The lowest BCUT2D eigenvalue weighted by atomic mass is 10.2.